The van der Waals surface area contributed by atoms with Gasteiger partial charge in [-0.15, -0.1) is 21.5 Å². The third-order valence-electron chi connectivity index (χ3n) is 5.91. The molecule has 1 aliphatic carbocycles. The maximum Gasteiger partial charge on any atom is 0.268 e. The third-order valence-corrected chi connectivity index (χ3v) is 8.13. The van der Waals surface area contributed by atoms with E-state index in [4.69, 9.17) is 0 Å². The normalized spacial score (nSPS) is 16.6. The van der Waals surface area contributed by atoms with E-state index in [1.165, 1.54) is 16.9 Å². The van der Waals surface area contributed by atoms with Gasteiger partial charge in [-0.25, -0.2) is 8.97 Å². The first-order valence-electron chi connectivity index (χ1n) is 10.7. The second-order valence-corrected chi connectivity index (χ2v) is 10.7. The molecule has 0 fully saturated rings. The molecule has 0 bridgehead atoms. The highest BCUT2D eigenvalue weighted by molar-refractivity contribution is 7.99. The van der Waals surface area contributed by atoms with Crippen LogP contribution in [0.4, 0.5) is 0 Å². The van der Waals surface area contributed by atoms with Crippen molar-refractivity contribution in [2.24, 2.45) is 5.92 Å². The SMILES string of the molecule is CC(C)CCSc1nnc2n(-c3ccccc3)c(=O)c3c4c(sc3n12)CCC[C@@H]4C. The fraction of sp³-hybridized carbons (Fsp3) is 0.435. The standard InChI is InChI=1S/C23H26N4OS2/c1-14(2)12-13-29-23-25-24-22-26(16-9-5-4-6-10-16)20(28)19-18-15(3)8-7-11-17(18)30-21(19)27(22)23/h4-6,9-10,14-15H,7-8,11-13H2,1-3H3/t15-/m0/s1. The van der Waals surface area contributed by atoms with Gasteiger partial charge in [0.2, 0.25) is 5.78 Å². The highest BCUT2D eigenvalue weighted by atomic mass is 32.2. The van der Waals surface area contributed by atoms with Gasteiger partial charge >= 0.3 is 0 Å². The van der Waals surface area contributed by atoms with Gasteiger partial charge in [-0.3, -0.25) is 4.79 Å². The number of thioether (sulfide) groups is 1. The van der Waals surface area contributed by atoms with Crippen molar-refractivity contribution < 1.29 is 0 Å². The average molecular weight is 439 g/mol. The Kier molecular flexibility index (Phi) is 5.19. The van der Waals surface area contributed by atoms with E-state index in [0.29, 0.717) is 17.6 Å². The van der Waals surface area contributed by atoms with Crippen LogP contribution in [0.3, 0.4) is 0 Å². The smallest absolute Gasteiger partial charge is 0.268 e. The van der Waals surface area contributed by atoms with Crippen LogP contribution in [0.2, 0.25) is 0 Å². The Bertz CT molecular complexity index is 1270. The van der Waals surface area contributed by atoms with Crippen LogP contribution in [0, 0.1) is 5.92 Å². The molecular weight excluding hydrogens is 412 g/mol. The summed E-state index contributed by atoms with van der Waals surface area (Å²) < 4.78 is 3.88. The molecule has 1 aliphatic rings. The van der Waals surface area contributed by atoms with E-state index in [1.807, 2.05) is 30.3 Å². The van der Waals surface area contributed by atoms with Gasteiger partial charge in [0, 0.05) is 10.6 Å². The number of fused-ring (bicyclic) bond motifs is 5. The number of thiophene rings is 1. The third kappa shape index (κ3) is 3.19. The van der Waals surface area contributed by atoms with Gasteiger partial charge in [-0.05, 0) is 55.2 Å². The van der Waals surface area contributed by atoms with Crippen LogP contribution in [0.1, 0.15) is 56.4 Å². The van der Waals surface area contributed by atoms with Crippen LogP contribution in [-0.4, -0.2) is 24.9 Å². The van der Waals surface area contributed by atoms with Crippen LogP contribution >= 0.6 is 23.1 Å². The maximum absolute atomic E-state index is 13.8. The molecule has 0 N–H and O–H groups in total. The summed E-state index contributed by atoms with van der Waals surface area (Å²) in [5, 5.41) is 10.8. The molecule has 1 aromatic carbocycles. The maximum atomic E-state index is 13.8. The molecule has 0 aliphatic heterocycles. The van der Waals surface area contributed by atoms with Gasteiger partial charge in [-0.2, -0.15) is 0 Å². The van der Waals surface area contributed by atoms with Gasteiger partial charge in [-0.1, -0.05) is 50.7 Å². The lowest BCUT2D eigenvalue weighted by Crippen LogP contribution is -2.22. The van der Waals surface area contributed by atoms with Gasteiger partial charge in [0.05, 0.1) is 11.1 Å². The van der Waals surface area contributed by atoms with E-state index in [-0.39, 0.29) is 5.56 Å². The molecule has 156 valence electrons. The Morgan fingerprint density at radius 2 is 2.03 bits per heavy atom. The molecule has 0 saturated heterocycles. The quantitative estimate of drug-likeness (QED) is 0.377. The molecule has 0 amide bonds. The minimum atomic E-state index is 0.0288. The second kappa shape index (κ2) is 7.85. The Morgan fingerprint density at radius 1 is 1.23 bits per heavy atom. The number of para-hydroxylation sites is 1. The fourth-order valence-electron chi connectivity index (χ4n) is 4.34. The Balaban J connectivity index is 1.83. The van der Waals surface area contributed by atoms with E-state index in [9.17, 15) is 4.79 Å². The lowest BCUT2D eigenvalue weighted by molar-refractivity contribution is 0.601. The van der Waals surface area contributed by atoms with Crippen molar-refractivity contribution in [2.45, 2.75) is 57.5 Å². The van der Waals surface area contributed by atoms with Crippen molar-refractivity contribution in [1.29, 1.82) is 0 Å². The van der Waals surface area contributed by atoms with Crippen molar-refractivity contribution >= 4 is 39.1 Å². The van der Waals surface area contributed by atoms with Gasteiger partial charge < -0.3 is 0 Å². The zero-order chi connectivity index (χ0) is 20.8. The lowest BCUT2D eigenvalue weighted by Gasteiger charge is -2.18. The minimum absolute atomic E-state index is 0.0288. The topological polar surface area (TPSA) is 52.2 Å². The first-order valence-corrected chi connectivity index (χ1v) is 12.5. The van der Waals surface area contributed by atoms with Gasteiger partial charge in [0.1, 0.15) is 4.83 Å². The van der Waals surface area contributed by atoms with Gasteiger partial charge in [0.25, 0.3) is 5.56 Å². The molecule has 5 nitrogen and oxygen atoms in total. The minimum Gasteiger partial charge on any atom is -0.268 e. The molecule has 1 atom stereocenters. The summed E-state index contributed by atoms with van der Waals surface area (Å²) in [6.45, 7) is 6.73. The second-order valence-electron chi connectivity index (χ2n) is 8.54. The van der Waals surface area contributed by atoms with Crippen LogP contribution in [-0.2, 0) is 6.42 Å². The summed E-state index contributed by atoms with van der Waals surface area (Å²) in [6, 6.07) is 9.83. The molecule has 0 radical (unpaired) electrons. The Morgan fingerprint density at radius 3 is 2.80 bits per heavy atom. The van der Waals surface area contributed by atoms with Crippen molar-refractivity contribution in [1.82, 2.24) is 19.2 Å². The van der Waals surface area contributed by atoms with Crippen LogP contribution in [0.25, 0.3) is 21.7 Å². The number of hydrogen-bond acceptors (Lipinski definition) is 5. The summed E-state index contributed by atoms with van der Waals surface area (Å²) in [5.41, 5.74) is 2.12. The zero-order valence-corrected chi connectivity index (χ0v) is 19.2. The first-order chi connectivity index (χ1) is 14.6. The predicted octanol–water partition coefficient (Wildman–Crippen LogP) is 5.67. The molecule has 4 aromatic rings. The largest absolute Gasteiger partial charge is 0.268 e. The van der Waals surface area contributed by atoms with Crippen molar-refractivity contribution in [3.63, 3.8) is 0 Å². The molecule has 0 saturated carbocycles. The van der Waals surface area contributed by atoms with Crippen LogP contribution in [0.5, 0.6) is 0 Å². The number of benzene rings is 1. The summed E-state index contributed by atoms with van der Waals surface area (Å²) in [4.78, 5) is 16.2. The van der Waals surface area contributed by atoms with E-state index in [1.54, 1.807) is 27.7 Å². The lowest BCUT2D eigenvalue weighted by atomic mass is 9.88. The monoisotopic (exact) mass is 438 g/mol. The van der Waals surface area contributed by atoms with Crippen molar-refractivity contribution in [3.8, 4) is 5.69 Å². The summed E-state index contributed by atoms with van der Waals surface area (Å²) >= 11 is 3.50. The van der Waals surface area contributed by atoms with Crippen molar-refractivity contribution in [3.05, 3.63) is 51.1 Å². The van der Waals surface area contributed by atoms with E-state index >= 15 is 0 Å². The van der Waals surface area contributed by atoms with E-state index < -0.39 is 0 Å². The van der Waals surface area contributed by atoms with Crippen LogP contribution < -0.4 is 5.56 Å². The Labute approximate surface area is 184 Å². The number of aryl methyl sites for hydroxylation is 1. The molecule has 3 aromatic heterocycles. The molecular formula is C23H26N4OS2. The van der Waals surface area contributed by atoms with Crippen molar-refractivity contribution in [2.75, 3.05) is 5.75 Å². The zero-order valence-electron chi connectivity index (χ0n) is 17.6. The highest BCUT2D eigenvalue weighted by Gasteiger charge is 2.28. The summed E-state index contributed by atoms with van der Waals surface area (Å²) in [5.74, 6) is 2.66. The molecule has 0 unspecified atom stereocenters. The van der Waals surface area contributed by atoms with E-state index in [2.05, 4.69) is 35.4 Å². The summed E-state index contributed by atoms with van der Waals surface area (Å²) in [7, 11) is 0. The van der Waals surface area contributed by atoms with Crippen LogP contribution in [0.15, 0.2) is 40.3 Å². The molecule has 7 heteroatoms. The number of nitrogens with zero attached hydrogens (tertiary/aromatic N) is 4. The summed E-state index contributed by atoms with van der Waals surface area (Å²) in [6.07, 6.45) is 4.51. The molecule has 0 spiro atoms. The molecule has 3 heterocycles. The number of rotatable bonds is 5. The first kappa shape index (κ1) is 19.8. The van der Waals surface area contributed by atoms with E-state index in [0.717, 1.165) is 46.1 Å². The molecule has 5 rings (SSSR count). The number of hydrogen-bond donors (Lipinski definition) is 0. The predicted molar refractivity (Wildman–Crippen MR) is 125 cm³/mol. The number of aromatic nitrogens is 4. The molecule has 30 heavy (non-hydrogen) atoms. The average Bonchev–Trinajstić information content (AvgIpc) is 3.31. The highest BCUT2D eigenvalue weighted by Crippen LogP contribution is 2.41. The van der Waals surface area contributed by atoms with Gasteiger partial charge in [0.15, 0.2) is 5.16 Å². The fourth-order valence-corrected chi connectivity index (χ4v) is 7.02. The Hall–Kier alpha value is -2.12.